The number of likely N-dealkylation sites (N-methyl/N-ethyl adjacent to an activating group) is 1. The Bertz CT molecular complexity index is 1080. The molecule has 2 atom stereocenters. The fourth-order valence-electron chi connectivity index (χ4n) is 5.71. The van der Waals surface area contributed by atoms with Crippen LogP contribution in [0.1, 0.15) is 55.3 Å². The normalized spacial score (nSPS) is 20.1. The van der Waals surface area contributed by atoms with Crippen LogP contribution in [0.4, 0.5) is 5.69 Å². The van der Waals surface area contributed by atoms with Crippen molar-refractivity contribution >= 4 is 23.2 Å². The maximum absolute atomic E-state index is 12.3. The number of piperidine rings is 1. The van der Waals surface area contributed by atoms with E-state index in [0.29, 0.717) is 17.1 Å². The lowest BCUT2D eigenvalue weighted by Crippen LogP contribution is -2.56. The van der Waals surface area contributed by atoms with Crippen molar-refractivity contribution in [1.82, 2.24) is 9.80 Å². The van der Waals surface area contributed by atoms with Gasteiger partial charge in [-0.05, 0) is 74.4 Å². The van der Waals surface area contributed by atoms with Crippen LogP contribution in [0.5, 0.6) is 11.5 Å². The molecule has 0 N–H and O–H groups in total. The van der Waals surface area contributed by atoms with E-state index in [-0.39, 0.29) is 12.5 Å². The highest BCUT2D eigenvalue weighted by atomic mass is 35.5. The summed E-state index contributed by atoms with van der Waals surface area (Å²) >= 11 is 6.25. The highest BCUT2D eigenvalue weighted by molar-refractivity contribution is 6.32. The largest absolute Gasteiger partial charge is 0.495 e. The van der Waals surface area contributed by atoms with Crippen molar-refractivity contribution in [3.8, 4) is 11.5 Å². The molecular weight excluding hydrogens is 474 g/mol. The van der Waals surface area contributed by atoms with Crippen molar-refractivity contribution in [2.45, 2.75) is 58.5 Å². The first-order valence-corrected chi connectivity index (χ1v) is 13.5. The first-order chi connectivity index (χ1) is 17.3. The highest BCUT2D eigenvalue weighted by Gasteiger charge is 2.36. The molecule has 0 saturated carbocycles. The number of hydrogen-bond acceptors (Lipinski definition) is 5. The molecule has 2 aliphatic rings. The number of fused-ring (bicyclic) bond motifs is 1. The predicted molar refractivity (Wildman–Crippen MR) is 147 cm³/mol. The number of methoxy groups -OCH3 is 1. The zero-order valence-electron chi connectivity index (χ0n) is 22.3. The molecule has 2 saturated heterocycles. The Morgan fingerprint density at radius 3 is 2.67 bits per heavy atom. The third-order valence-electron chi connectivity index (χ3n) is 7.92. The van der Waals surface area contributed by atoms with Crippen molar-refractivity contribution < 1.29 is 14.3 Å². The molecule has 1 amide bonds. The fourth-order valence-corrected chi connectivity index (χ4v) is 5.90. The van der Waals surface area contributed by atoms with E-state index in [0.717, 1.165) is 49.7 Å². The van der Waals surface area contributed by atoms with Gasteiger partial charge in [0.1, 0.15) is 11.5 Å². The van der Waals surface area contributed by atoms with E-state index in [2.05, 4.69) is 54.8 Å². The maximum atomic E-state index is 12.3. The van der Waals surface area contributed by atoms with Gasteiger partial charge in [0.2, 0.25) is 0 Å². The maximum Gasteiger partial charge on any atom is 0.260 e. The van der Waals surface area contributed by atoms with E-state index < -0.39 is 0 Å². The summed E-state index contributed by atoms with van der Waals surface area (Å²) in [5.41, 5.74) is 4.97. The quantitative estimate of drug-likeness (QED) is 0.458. The van der Waals surface area contributed by atoms with Gasteiger partial charge in [0.05, 0.1) is 12.1 Å². The molecular formula is C29H40ClN3O3. The van der Waals surface area contributed by atoms with E-state index in [1.54, 1.807) is 12.0 Å². The van der Waals surface area contributed by atoms with Gasteiger partial charge in [-0.1, -0.05) is 24.6 Å². The van der Waals surface area contributed by atoms with Gasteiger partial charge in [-0.15, -0.1) is 0 Å². The topological polar surface area (TPSA) is 45.3 Å². The molecule has 2 aromatic rings. The van der Waals surface area contributed by atoms with Gasteiger partial charge in [0, 0.05) is 57.1 Å². The summed E-state index contributed by atoms with van der Waals surface area (Å²) in [6, 6.07) is 11.3. The first kappa shape index (κ1) is 26.6. The van der Waals surface area contributed by atoms with Gasteiger partial charge in [0.25, 0.3) is 5.91 Å². The van der Waals surface area contributed by atoms with Crippen molar-refractivity contribution in [1.29, 1.82) is 0 Å². The Hall–Kier alpha value is -2.44. The summed E-state index contributed by atoms with van der Waals surface area (Å²) in [6.45, 7) is 10.2. The molecule has 0 spiro atoms. The minimum atomic E-state index is 0.0179. The monoisotopic (exact) mass is 513 g/mol. The average molecular weight is 514 g/mol. The number of halogens is 1. The van der Waals surface area contributed by atoms with Crippen LogP contribution in [0.25, 0.3) is 0 Å². The minimum Gasteiger partial charge on any atom is -0.495 e. The molecule has 2 heterocycles. The molecule has 0 unspecified atom stereocenters. The first-order valence-electron chi connectivity index (χ1n) is 13.1. The summed E-state index contributed by atoms with van der Waals surface area (Å²) in [7, 11) is 3.50. The summed E-state index contributed by atoms with van der Waals surface area (Å²) in [4.78, 5) is 19.2. The lowest BCUT2D eigenvalue weighted by atomic mass is 9.86. The molecule has 0 bridgehead atoms. The molecule has 6 nitrogen and oxygen atoms in total. The third-order valence-corrected chi connectivity index (χ3v) is 8.23. The third kappa shape index (κ3) is 5.60. The number of anilines is 1. The number of hydrogen-bond donors (Lipinski definition) is 0. The number of amides is 1. The van der Waals surface area contributed by atoms with Crippen LogP contribution in [0.2, 0.25) is 5.02 Å². The van der Waals surface area contributed by atoms with Crippen molar-refractivity contribution in [2.75, 3.05) is 51.8 Å². The predicted octanol–water partition coefficient (Wildman–Crippen LogP) is 5.63. The van der Waals surface area contributed by atoms with Crippen LogP contribution in [0.3, 0.4) is 0 Å². The second-order valence-corrected chi connectivity index (χ2v) is 10.5. The van der Waals surface area contributed by atoms with E-state index in [9.17, 15) is 4.79 Å². The summed E-state index contributed by atoms with van der Waals surface area (Å²) in [5, 5.41) is 0.647. The number of benzene rings is 2. The molecule has 2 aliphatic heterocycles. The van der Waals surface area contributed by atoms with Crippen LogP contribution >= 0.6 is 11.6 Å². The number of nitrogens with zero attached hydrogens (tertiary/aromatic N) is 3. The van der Waals surface area contributed by atoms with E-state index in [1.165, 1.54) is 36.1 Å². The van der Waals surface area contributed by atoms with Gasteiger partial charge in [-0.3, -0.25) is 9.69 Å². The smallest absolute Gasteiger partial charge is 0.260 e. The van der Waals surface area contributed by atoms with Crippen molar-refractivity contribution in [2.24, 2.45) is 0 Å². The number of carbonyl (C=O) groups is 1. The second-order valence-electron chi connectivity index (χ2n) is 10.1. The number of rotatable bonds is 8. The summed E-state index contributed by atoms with van der Waals surface area (Å²) in [6.07, 6.45) is 4.55. The molecule has 4 rings (SSSR count). The van der Waals surface area contributed by atoms with E-state index >= 15 is 0 Å². The van der Waals surface area contributed by atoms with Gasteiger partial charge in [-0.2, -0.15) is 0 Å². The standard InChI is InChI=1S/C29H40ClN3O3/c1-6-14-31(4)29(34)19-36-27-13-11-24(20(2)21(27)3)26-9-7-8-23-18-32(15-16-33(23)26)22-10-12-25(30)28(17-22)35-5/h10-13,17,23,26H,6-9,14-16,18-19H2,1-5H3/t23-,26+/m0/s1. The number of ether oxygens (including phenoxy) is 2. The Labute approximate surface area is 221 Å². The summed E-state index contributed by atoms with van der Waals surface area (Å²) in [5.74, 6) is 1.55. The van der Waals surface area contributed by atoms with Crippen molar-refractivity contribution in [3.63, 3.8) is 0 Å². The molecule has 0 aliphatic carbocycles. The van der Waals surface area contributed by atoms with Gasteiger partial charge < -0.3 is 19.3 Å². The fraction of sp³-hybridized carbons (Fsp3) is 0.552. The van der Waals surface area contributed by atoms with Crippen LogP contribution in [-0.2, 0) is 4.79 Å². The van der Waals surface area contributed by atoms with Crippen LogP contribution in [-0.4, -0.2) is 68.7 Å². The Morgan fingerprint density at radius 1 is 1.11 bits per heavy atom. The lowest BCUT2D eigenvalue weighted by Gasteiger charge is -2.49. The Kier molecular flexibility index (Phi) is 8.68. The Balaban J connectivity index is 1.46. The molecule has 196 valence electrons. The second kappa shape index (κ2) is 11.7. The van der Waals surface area contributed by atoms with Crippen LogP contribution in [0.15, 0.2) is 30.3 Å². The van der Waals surface area contributed by atoms with E-state index in [1.807, 2.05) is 13.1 Å². The molecule has 2 fully saturated rings. The Morgan fingerprint density at radius 2 is 1.92 bits per heavy atom. The average Bonchev–Trinajstić information content (AvgIpc) is 2.89. The van der Waals surface area contributed by atoms with Crippen molar-refractivity contribution in [3.05, 3.63) is 52.0 Å². The molecule has 2 aromatic carbocycles. The number of piperazine rings is 1. The SMILES string of the molecule is CCCN(C)C(=O)COc1ccc([C@H]2CCC[C@H]3CN(c4ccc(Cl)c(OC)c4)CCN32)c(C)c1C. The minimum absolute atomic E-state index is 0.0179. The highest BCUT2D eigenvalue weighted by Crippen LogP contribution is 2.40. The zero-order valence-corrected chi connectivity index (χ0v) is 23.1. The van der Waals surface area contributed by atoms with Gasteiger partial charge >= 0.3 is 0 Å². The molecule has 7 heteroatoms. The molecule has 0 radical (unpaired) electrons. The molecule has 36 heavy (non-hydrogen) atoms. The lowest BCUT2D eigenvalue weighted by molar-refractivity contribution is -0.132. The summed E-state index contributed by atoms with van der Waals surface area (Å²) < 4.78 is 11.4. The number of carbonyl (C=O) groups excluding carboxylic acids is 1. The molecule has 0 aromatic heterocycles. The van der Waals surface area contributed by atoms with Gasteiger partial charge in [0.15, 0.2) is 6.61 Å². The van der Waals surface area contributed by atoms with Gasteiger partial charge in [-0.25, -0.2) is 0 Å². The zero-order chi connectivity index (χ0) is 25.8. The van der Waals surface area contributed by atoms with E-state index in [4.69, 9.17) is 21.1 Å². The van der Waals surface area contributed by atoms with Crippen LogP contribution < -0.4 is 14.4 Å². The van der Waals surface area contributed by atoms with Crippen LogP contribution in [0, 0.1) is 13.8 Å².